The van der Waals surface area contributed by atoms with Crippen LogP contribution in [0.3, 0.4) is 0 Å². The molecule has 2 fully saturated rings. The Bertz CT molecular complexity index is 1100. The van der Waals surface area contributed by atoms with Crippen LogP contribution in [0.5, 0.6) is 0 Å². The van der Waals surface area contributed by atoms with Gasteiger partial charge in [0.1, 0.15) is 0 Å². The molecule has 2 aromatic carbocycles. The van der Waals surface area contributed by atoms with Crippen molar-refractivity contribution in [3.63, 3.8) is 0 Å². The van der Waals surface area contributed by atoms with Gasteiger partial charge in [-0.25, -0.2) is 0 Å². The first-order chi connectivity index (χ1) is 15.8. The normalized spacial score (nSPS) is 32.5. The average molecular weight is 448 g/mol. The second-order valence-corrected chi connectivity index (χ2v) is 10.8. The first kappa shape index (κ1) is 22.1. The quantitative estimate of drug-likeness (QED) is 0.642. The zero-order chi connectivity index (χ0) is 23.3. The van der Waals surface area contributed by atoms with Crippen molar-refractivity contribution in [3.05, 3.63) is 70.3 Å². The van der Waals surface area contributed by atoms with Crippen LogP contribution in [0.25, 0.3) is 0 Å². The first-order valence-corrected chi connectivity index (χ1v) is 12.2. The Kier molecular flexibility index (Phi) is 5.56. The lowest BCUT2D eigenvalue weighted by molar-refractivity contribution is -0.136. The van der Waals surface area contributed by atoms with Gasteiger partial charge in [-0.05, 0) is 102 Å². The minimum Gasteiger partial charge on any atom is -0.481 e. The van der Waals surface area contributed by atoms with Gasteiger partial charge in [-0.15, -0.1) is 0 Å². The van der Waals surface area contributed by atoms with Crippen molar-refractivity contribution in [2.45, 2.75) is 63.9 Å². The fourth-order valence-electron chi connectivity index (χ4n) is 7.42. The summed E-state index contributed by atoms with van der Waals surface area (Å²) in [6, 6.07) is 13.8. The van der Waals surface area contributed by atoms with Crippen molar-refractivity contribution < 1.29 is 19.8 Å². The van der Waals surface area contributed by atoms with Crippen LogP contribution in [-0.4, -0.2) is 28.2 Å². The molecule has 3 aliphatic rings. The van der Waals surface area contributed by atoms with Crippen molar-refractivity contribution in [3.8, 4) is 0 Å². The highest BCUT2D eigenvalue weighted by atomic mass is 16.4. The fourth-order valence-corrected chi connectivity index (χ4v) is 7.42. The minimum atomic E-state index is -0.788. The summed E-state index contributed by atoms with van der Waals surface area (Å²) < 4.78 is 0. The van der Waals surface area contributed by atoms with Crippen molar-refractivity contribution in [1.82, 2.24) is 0 Å². The van der Waals surface area contributed by atoms with E-state index in [0.717, 1.165) is 49.7 Å². The molecule has 2 aromatic rings. The number of aliphatic hydroxyl groups is 1. The number of carbonyl (C=O) groups is 2. The molecule has 3 aliphatic carbocycles. The highest BCUT2D eigenvalue weighted by molar-refractivity contribution is 5.92. The Morgan fingerprint density at radius 3 is 2.70 bits per heavy atom. The van der Waals surface area contributed by atoms with Crippen LogP contribution < -0.4 is 5.73 Å². The summed E-state index contributed by atoms with van der Waals surface area (Å²) in [5.74, 6) is 0.501. The van der Waals surface area contributed by atoms with Gasteiger partial charge in [-0.3, -0.25) is 9.59 Å². The first-order valence-electron chi connectivity index (χ1n) is 12.2. The molecule has 2 saturated carbocycles. The molecule has 5 rings (SSSR count). The highest BCUT2D eigenvalue weighted by Crippen LogP contribution is 2.62. The number of rotatable bonds is 5. The molecule has 0 bridgehead atoms. The lowest BCUT2D eigenvalue weighted by Crippen LogP contribution is -2.44. The van der Waals surface area contributed by atoms with Gasteiger partial charge in [-0.1, -0.05) is 37.3 Å². The lowest BCUT2D eigenvalue weighted by Gasteiger charge is -2.50. The highest BCUT2D eigenvalue weighted by Gasteiger charge is 2.57. The molecular weight excluding hydrogens is 414 g/mol. The number of aliphatic carboxylic acids is 1. The Labute approximate surface area is 195 Å². The molecule has 5 heteroatoms. The predicted molar refractivity (Wildman–Crippen MR) is 126 cm³/mol. The Balaban J connectivity index is 1.37. The number of fused-ring (bicyclic) bond motifs is 5. The van der Waals surface area contributed by atoms with Gasteiger partial charge in [0.05, 0.1) is 12.5 Å². The number of aliphatic hydroxyl groups excluding tert-OH is 1. The Morgan fingerprint density at radius 2 is 1.94 bits per heavy atom. The van der Waals surface area contributed by atoms with Crippen molar-refractivity contribution in [2.24, 2.45) is 28.9 Å². The molecule has 0 heterocycles. The third kappa shape index (κ3) is 3.86. The summed E-state index contributed by atoms with van der Waals surface area (Å²) in [7, 11) is 0. The maximum atomic E-state index is 11.6. The van der Waals surface area contributed by atoms with Gasteiger partial charge in [0.15, 0.2) is 0 Å². The molecule has 4 N–H and O–H groups in total. The minimum absolute atomic E-state index is 0.0755. The second kappa shape index (κ2) is 8.28. The van der Waals surface area contributed by atoms with Gasteiger partial charge >= 0.3 is 5.97 Å². The van der Waals surface area contributed by atoms with Gasteiger partial charge in [0, 0.05) is 5.56 Å². The van der Waals surface area contributed by atoms with E-state index in [2.05, 4.69) is 19.1 Å². The largest absolute Gasteiger partial charge is 0.481 e. The molecule has 6 atom stereocenters. The van der Waals surface area contributed by atoms with Gasteiger partial charge < -0.3 is 15.9 Å². The van der Waals surface area contributed by atoms with Gasteiger partial charge in [0.2, 0.25) is 5.91 Å². The van der Waals surface area contributed by atoms with E-state index in [0.29, 0.717) is 23.3 Å². The number of benzene rings is 2. The Morgan fingerprint density at radius 1 is 1.12 bits per heavy atom. The number of hydrogen-bond donors (Lipinski definition) is 3. The lowest BCUT2D eigenvalue weighted by atomic mass is 9.55. The van der Waals surface area contributed by atoms with E-state index in [1.54, 1.807) is 6.07 Å². The van der Waals surface area contributed by atoms with E-state index in [-0.39, 0.29) is 23.9 Å². The van der Waals surface area contributed by atoms with Crippen LogP contribution in [-0.2, 0) is 24.1 Å². The molecule has 1 amide bonds. The molecule has 0 aliphatic heterocycles. The van der Waals surface area contributed by atoms with E-state index < -0.39 is 11.9 Å². The number of carboxylic acids is 1. The zero-order valence-corrected chi connectivity index (χ0v) is 19.2. The van der Waals surface area contributed by atoms with Crippen molar-refractivity contribution >= 4 is 11.9 Å². The van der Waals surface area contributed by atoms with Crippen LogP contribution in [0.1, 0.15) is 71.1 Å². The van der Waals surface area contributed by atoms with Gasteiger partial charge in [-0.2, -0.15) is 0 Å². The van der Waals surface area contributed by atoms with E-state index in [1.807, 2.05) is 24.3 Å². The van der Waals surface area contributed by atoms with E-state index in [4.69, 9.17) is 10.8 Å². The van der Waals surface area contributed by atoms with Crippen LogP contribution in [0.15, 0.2) is 42.5 Å². The average Bonchev–Trinajstić information content (AvgIpc) is 3.03. The summed E-state index contributed by atoms with van der Waals surface area (Å²) >= 11 is 0. The standard InChI is InChI=1S/C28H33NO4/c1-28-10-9-22-21-7-5-17(14-25(30)31)11-18(21)6-8-23(22)24(28)15-20(26(28)32)13-16-3-2-4-19(12-16)27(29)33/h2-5,7,11-12,20,22-24,26,32H,6,8-10,13-15H2,1H3,(H2,29,33)(H,30,31)/t20?,22?,23?,24?,26-,28+/m1/s1. The van der Waals surface area contributed by atoms with E-state index >= 15 is 0 Å². The number of primary amides is 1. The molecule has 0 saturated heterocycles. The number of aryl methyl sites for hydroxylation is 1. The summed E-state index contributed by atoms with van der Waals surface area (Å²) in [6.45, 7) is 2.28. The number of carboxylic acid groups (broad SMARTS) is 1. The Hall–Kier alpha value is -2.66. The third-order valence-corrected chi connectivity index (χ3v) is 8.97. The van der Waals surface area contributed by atoms with Crippen LogP contribution >= 0.6 is 0 Å². The second-order valence-electron chi connectivity index (χ2n) is 10.8. The summed E-state index contributed by atoms with van der Waals surface area (Å²) in [5.41, 5.74) is 10.6. The van der Waals surface area contributed by atoms with Crippen LogP contribution in [0.4, 0.5) is 0 Å². The number of nitrogens with two attached hydrogens (primary N) is 1. The molecular formula is C28H33NO4. The molecule has 0 aromatic heterocycles. The molecule has 0 radical (unpaired) electrons. The molecule has 5 nitrogen and oxygen atoms in total. The molecule has 4 unspecified atom stereocenters. The number of hydrogen-bond acceptors (Lipinski definition) is 3. The topological polar surface area (TPSA) is 101 Å². The van der Waals surface area contributed by atoms with Crippen LogP contribution in [0.2, 0.25) is 0 Å². The summed E-state index contributed by atoms with van der Waals surface area (Å²) in [5, 5.41) is 20.6. The fraction of sp³-hybridized carbons (Fsp3) is 0.500. The van der Waals surface area contributed by atoms with Gasteiger partial charge in [0.25, 0.3) is 0 Å². The summed E-state index contributed by atoms with van der Waals surface area (Å²) in [4.78, 5) is 22.7. The number of carbonyl (C=O) groups excluding carboxylic acids is 1. The third-order valence-electron chi connectivity index (χ3n) is 8.97. The number of amides is 1. The summed E-state index contributed by atoms with van der Waals surface area (Å²) in [6.07, 6.45) is 5.67. The zero-order valence-electron chi connectivity index (χ0n) is 19.2. The maximum Gasteiger partial charge on any atom is 0.307 e. The van der Waals surface area contributed by atoms with Crippen molar-refractivity contribution in [2.75, 3.05) is 0 Å². The van der Waals surface area contributed by atoms with E-state index in [9.17, 15) is 14.7 Å². The van der Waals surface area contributed by atoms with E-state index in [1.165, 1.54) is 11.1 Å². The monoisotopic (exact) mass is 447 g/mol. The molecule has 33 heavy (non-hydrogen) atoms. The molecule has 174 valence electrons. The SMILES string of the molecule is C[C@]12CCC3c4ccc(CC(=O)O)cc4CCC3C1CC(Cc1cccc(C(N)=O)c1)[C@H]2O. The van der Waals surface area contributed by atoms with Crippen LogP contribution in [0, 0.1) is 23.2 Å². The predicted octanol–water partition coefficient (Wildman–Crippen LogP) is 4.10. The smallest absolute Gasteiger partial charge is 0.307 e. The molecule has 0 spiro atoms. The van der Waals surface area contributed by atoms with Crippen molar-refractivity contribution in [1.29, 1.82) is 0 Å². The maximum absolute atomic E-state index is 11.6.